The van der Waals surface area contributed by atoms with Gasteiger partial charge in [0.15, 0.2) is 11.5 Å². The Bertz CT molecular complexity index is 745. The van der Waals surface area contributed by atoms with Gasteiger partial charge in [0.05, 0.1) is 0 Å². The molecule has 0 unspecified atom stereocenters. The maximum absolute atomic E-state index is 12.3. The van der Waals surface area contributed by atoms with Crippen LogP contribution in [0.4, 0.5) is 4.79 Å². The molecule has 0 spiro atoms. The van der Waals surface area contributed by atoms with E-state index >= 15 is 0 Å². The minimum atomic E-state index is -0.569. The van der Waals surface area contributed by atoms with E-state index in [1.807, 2.05) is 24.3 Å². The molecule has 2 amide bonds. The molecule has 1 aliphatic heterocycles. The molecule has 0 saturated carbocycles. The molecule has 2 heterocycles. The van der Waals surface area contributed by atoms with Gasteiger partial charge in [-0.2, -0.15) is 0 Å². The molecule has 1 aromatic carbocycles. The Morgan fingerprint density at radius 2 is 2.12 bits per heavy atom. The van der Waals surface area contributed by atoms with E-state index in [0.29, 0.717) is 31.8 Å². The Kier molecular flexibility index (Phi) is 4.65. The number of carbonyl (C=O) groups excluding carboxylic acids is 2. The summed E-state index contributed by atoms with van der Waals surface area (Å²) >= 11 is 0. The van der Waals surface area contributed by atoms with E-state index in [9.17, 15) is 9.59 Å². The van der Waals surface area contributed by atoms with Crippen molar-refractivity contribution < 1.29 is 18.7 Å². The third-order valence-corrected chi connectivity index (χ3v) is 3.93. The number of nitrogens with one attached hydrogen (secondary N) is 1. The second-order valence-corrected chi connectivity index (χ2v) is 7.09. The highest BCUT2D eigenvalue weighted by Crippen LogP contribution is 2.21. The Balaban J connectivity index is 1.48. The van der Waals surface area contributed by atoms with Gasteiger partial charge in [-0.15, -0.1) is 0 Å². The Labute approximate surface area is 146 Å². The topological polar surface area (TPSA) is 84.7 Å². The van der Waals surface area contributed by atoms with E-state index in [2.05, 4.69) is 10.3 Å². The zero-order valence-corrected chi connectivity index (χ0v) is 14.7. The van der Waals surface area contributed by atoms with Gasteiger partial charge in [0.2, 0.25) is 5.91 Å². The van der Waals surface area contributed by atoms with E-state index < -0.39 is 17.7 Å². The fourth-order valence-electron chi connectivity index (χ4n) is 2.64. The van der Waals surface area contributed by atoms with Crippen LogP contribution in [-0.2, 0) is 16.0 Å². The lowest BCUT2D eigenvalue weighted by molar-refractivity contribution is -0.130. The number of ether oxygens (including phenoxy) is 1. The van der Waals surface area contributed by atoms with Gasteiger partial charge >= 0.3 is 6.09 Å². The molecule has 2 aromatic rings. The summed E-state index contributed by atoms with van der Waals surface area (Å²) in [5, 5.41) is 2.84. The number of likely N-dealkylation sites (tertiary alicyclic amines) is 1. The molecule has 0 aliphatic carbocycles. The van der Waals surface area contributed by atoms with Crippen molar-refractivity contribution in [2.45, 2.75) is 45.3 Å². The van der Waals surface area contributed by atoms with E-state index in [4.69, 9.17) is 9.15 Å². The van der Waals surface area contributed by atoms with Crippen LogP contribution in [-0.4, -0.2) is 46.6 Å². The van der Waals surface area contributed by atoms with Crippen LogP contribution in [0.1, 0.15) is 33.1 Å². The van der Waals surface area contributed by atoms with Crippen LogP contribution in [0, 0.1) is 0 Å². The summed E-state index contributed by atoms with van der Waals surface area (Å²) in [5.41, 5.74) is 0.971. The second kappa shape index (κ2) is 6.74. The number of rotatable bonds is 4. The minimum Gasteiger partial charge on any atom is -0.444 e. The molecule has 0 radical (unpaired) electrons. The molecule has 7 nitrogen and oxygen atoms in total. The van der Waals surface area contributed by atoms with Gasteiger partial charge in [-0.3, -0.25) is 9.69 Å². The molecule has 25 heavy (non-hydrogen) atoms. The number of para-hydroxylation sites is 2. The number of hydrogen-bond acceptors (Lipinski definition) is 5. The highest BCUT2D eigenvalue weighted by atomic mass is 16.6. The number of carbonyl (C=O) groups is 2. The smallest absolute Gasteiger partial charge is 0.410 e. The van der Waals surface area contributed by atoms with Crippen molar-refractivity contribution in [1.29, 1.82) is 0 Å². The first kappa shape index (κ1) is 17.3. The van der Waals surface area contributed by atoms with Gasteiger partial charge in [-0.25, -0.2) is 9.78 Å². The maximum atomic E-state index is 12.3. The summed E-state index contributed by atoms with van der Waals surface area (Å²) in [6.45, 7) is 6.36. The molecule has 1 fully saturated rings. The van der Waals surface area contributed by atoms with Crippen molar-refractivity contribution in [2.75, 3.05) is 13.1 Å². The predicted molar refractivity (Wildman–Crippen MR) is 92.1 cm³/mol. The first-order chi connectivity index (χ1) is 11.8. The van der Waals surface area contributed by atoms with Crippen LogP contribution in [0.2, 0.25) is 0 Å². The molecular weight excluding hydrogens is 322 g/mol. The monoisotopic (exact) mass is 345 g/mol. The van der Waals surface area contributed by atoms with Crippen LogP contribution >= 0.6 is 0 Å². The fourth-order valence-corrected chi connectivity index (χ4v) is 2.64. The van der Waals surface area contributed by atoms with Crippen molar-refractivity contribution in [3.05, 3.63) is 30.2 Å². The van der Waals surface area contributed by atoms with E-state index in [-0.39, 0.29) is 5.91 Å². The van der Waals surface area contributed by atoms with Gasteiger partial charge in [-0.05, 0) is 39.3 Å². The van der Waals surface area contributed by atoms with E-state index in [1.54, 1.807) is 20.8 Å². The summed E-state index contributed by atoms with van der Waals surface area (Å²) in [7, 11) is 0. The standard InChI is InChI=1S/C18H23N3O4/c1-18(2,3)25-17(23)21-11-9-13(21)16(22)19-10-8-15-20-12-6-4-5-7-14(12)24-15/h4-7,13H,8-11H2,1-3H3,(H,19,22)/t13-/m1/s1. The molecule has 1 saturated heterocycles. The minimum absolute atomic E-state index is 0.173. The van der Waals surface area contributed by atoms with Gasteiger partial charge in [0.1, 0.15) is 17.2 Å². The van der Waals surface area contributed by atoms with Crippen LogP contribution in [0.3, 0.4) is 0 Å². The van der Waals surface area contributed by atoms with Crippen LogP contribution < -0.4 is 5.32 Å². The lowest BCUT2D eigenvalue weighted by atomic mass is 10.0. The molecule has 3 rings (SSSR count). The molecule has 1 atom stereocenters. The molecule has 1 aliphatic rings. The fraction of sp³-hybridized carbons (Fsp3) is 0.500. The van der Waals surface area contributed by atoms with E-state index in [0.717, 1.165) is 11.1 Å². The largest absolute Gasteiger partial charge is 0.444 e. The molecule has 1 aromatic heterocycles. The summed E-state index contributed by atoms with van der Waals surface area (Å²) in [5.74, 6) is 0.410. The van der Waals surface area contributed by atoms with Crippen molar-refractivity contribution in [3.8, 4) is 0 Å². The first-order valence-corrected chi connectivity index (χ1v) is 8.45. The third-order valence-electron chi connectivity index (χ3n) is 3.93. The predicted octanol–water partition coefficient (Wildman–Crippen LogP) is 2.50. The quantitative estimate of drug-likeness (QED) is 0.920. The molecule has 7 heteroatoms. The number of nitrogens with zero attached hydrogens (tertiary/aromatic N) is 2. The van der Waals surface area contributed by atoms with Gasteiger partial charge in [0.25, 0.3) is 0 Å². The van der Waals surface area contributed by atoms with Gasteiger partial charge < -0.3 is 14.5 Å². The number of benzene rings is 1. The van der Waals surface area contributed by atoms with Crippen molar-refractivity contribution in [3.63, 3.8) is 0 Å². The summed E-state index contributed by atoms with van der Waals surface area (Å²) in [4.78, 5) is 30.1. The van der Waals surface area contributed by atoms with Gasteiger partial charge in [0, 0.05) is 19.5 Å². The zero-order chi connectivity index (χ0) is 18.0. The molecular formula is C18H23N3O4. The van der Waals surface area contributed by atoms with Crippen molar-refractivity contribution in [2.24, 2.45) is 0 Å². The third kappa shape index (κ3) is 4.10. The van der Waals surface area contributed by atoms with Crippen LogP contribution in [0.5, 0.6) is 0 Å². The summed E-state index contributed by atoms with van der Waals surface area (Å²) < 4.78 is 10.9. The maximum Gasteiger partial charge on any atom is 0.410 e. The molecule has 134 valence electrons. The lowest BCUT2D eigenvalue weighted by Crippen LogP contribution is -2.59. The average molecular weight is 345 g/mol. The summed E-state index contributed by atoms with van der Waals surface area (Å²) in [6, 6.07) is 7.07. The second-order valence-electron chi connectivity index (χ2n) is 7.09. The number of aromatic nitrogens is 1. The highest BCUT2D eigenvalue weighted by molar-refractivity contribution is 5.87. The molecule has 1 N–H and O–H groups in total. The Morgan fingerprint density at radius 1 is 1.36 bits per heavy atom. The SMILES string of the molecule is CC(C)(C)OC(=O)N1CC[C@@H]1C(=O)NCCc1nc2ccccc2o1. The summed E-state index contributed by atoms with van der Waals surface area (Å²) in [6.07, 6.45) is 0.700. The van der Waals surface area contributed by atoms with Crippen LogP contribution in [0.25, 0.3) is 11.1 Å². The normalized spacial score (nSPS) is 17.2. The number of amides is 2. The van der Waals surface area contributed by atoms with Gasteiger partial charge in [-0.1, -0.05) is 12.1 Å². The van der Waals surface area contributed by atoms with Crippen LogP contribution in [0.15, 0.2) is 28.7 Å². The molecule has 0 bridgehead atoms. The Hall–Kier alpha value is -2.57. The average Bonchev–Trinajstić information content (AvgIpc) is 2.86. The van der Waals surface area contributed by atoms with Crippen molar-refractivity contribution >= 4 is 23.1 Å². The lowest BCUT2D eigenvalue weighted by Gasteiger charge is -2.40. The highest BCUT2D eigenvalue weighted by Gasteiger charge is 2.39. The number of oxazole rings is 1. The number of fused-ring (bicyclic) bond motifs is 1. The number of hydrogen-bond donors (Lipinski definition) is 1. The Morgan fingerprint density at radius 3 is 2.76 bits per heavy atom. The van der Waals surface area contributed by atoms with E-state index in [1.165, 1.54) is 4.90 Å². The first-order valence-electron chi connectivity index (χ1n) is 8.45. The van der Waals surface area contributed by atoms with Crippen molar-refractivity contribution in [1.82, 2.24) is 15.2 Å². The zero-order valence-electron chi connectivity index (χ0n) is 14.7.